The molecule has 4 heteroatoms. The van der Waals surface area contributed by atoms with Crippen LogP contribution in [0, 0.1) is 0 Å². The van der Waals surface area contributed by atoms with E-state index in [0.717, 1.165) is 19.5 Å². The predicted octanol–water partition coefficient (Wildman–Crippen LogP) is -0.585. The minimum Gasteiger partial charge on any atom is -0.394 e. The highest BCUT2D eigenvalue weighted by molar-refractivity contribution is 4.66. The molecule has 1 rings (SSSR count). The van der Waals surface area contributed by atoms with Gasteiger partial charge in [-0.2, -0.15) is 0 Å². The highest BCUT2D eigenvalue weighted by Crippen LogP contribution is 2.06. The molecule has 0 amide bonds. The average Bonchev–Trinajstić information content (AvgIpc) is 2.69. The molecule has 1 aliphatic rings. The van der Waals surface area contributed by atoms with Crippen LogP contribution < -0.4 is 5.32 Å². The molecule has 0 aliphatic carbocycles. The average molecular weight is 202 g/mol. The molecule has 14 heavy (non-hydrogen) atoms. The molecule has 1 fully saturated rings. The molecule has 1 atom stereocenters. The van der Waals surface area contributed by atoms with E-state index in [1.807, 2.05) is 0 Å². The zero-order chi connectivity index (χ0) is 10.2. The van der Waals surface area contributed by atoms with Crippen LogP contribution in [0.2, 0.25) is 0 Å². The van der Waals surface area contributed by atoms with Gasteiger partial charge in [0.25, 0.3) is 0 Å². The van der Waals surface area contributed by atoms with Gasteiger partial charge in [0.2, 0.25) is 0 Å². The molecule has 1 aliphatic heterocycles. The van der Waals surface area contributed by atoms with Crippen LogP contribution in [0.4, 0.5) is 0 Å². The number of aliphatic hydroxyl groups excluding tert-OH is 2. The van der Waals surface area contributed by atoms with Crippen LogP contribution >= 0.6 is 0 Å². The molecular formula is C10H22N2O2. The lowest BCUT2D eigenvalue weighted by Crippen LogP contribution is -2.31. The van der Waals surface area contributed by atoms with Gasteiger partial charge in [-0.3, -0.25) is 0 Å². The van der Waals surface area contributed by atoms with Crippen molar-refractivity contribution >= 4 is 0 Å². The largest absolute Gasteiger partial charge is 0.394 e. The van der Waals surface area contributed by atoms with Crippen molar-refractivity contribution in [3.8, 4) is 0 Å². The summed E-state index contributed by atoms with van der Waals surface area (Å²) in [5.74, 6) is 0. The summed E-state index contributed by atoms with van der Waals surface area (Å²) in [5, 5.41) is 20.7. The monoisotopic (exact) mass is 202 g/mol. The summed E-state index contributed by atoms with van der Waals surface area (Å²) in [5.41, 5.74) is 0. The molecule has 0 radical (unpaired) electrons. The molecule has 0 saturated carbocycles. The number of likely N-dealkylation sites (tertiary alicyclic amines) is 1. The lowest BCUT2D eigenvalue weighted by Gasteiger charge is -2.14. The smallest absolute Gasteiger partial charge is 0.0894 e. The van der Waals surface area contributed by atoms with Crippen LogP contribution in [0.3, 0.4) is 0 Å². The molecule has 84 valence electrons. The van der Waals surface area contributed by atoms with Gasteiger partial charge in [-0.1, -0.05) is 0 Å². The first kappa shape index (κ1) is 11.9. The first-order valence-corrected chi connectivity index (χ1v) is 5.55. The Kier molecular flexibility index (Phi) is 6.10. The van der Waals surface area contributed by atoms with Gasteiger partial charge in [-0.05, 0) is 45.4 Å². The fourth-order valence-corrected chi connectivity index (χ4v) is 1.77. The normalized spacial score (nSPS) is 20.1. The summed E-state index contributed by atoms with van der Waals surface area (Å²) in [6.07, 6.45) is 3.20. The van der Waals surface area contributed by atoms with Crippen molar-refractivity contribution < 1.29 is 10.2 Å². The molecule has 1 saturated heterocycles. The summed E-state index contributed by atoms with van der Waals surface area (Å²) < 4.78 is 0. The van der Waals surface area contributed by atoms with Crippen molar-refractivity contribution in [3.63, 3.8) is 0 Å². The molecule has 0 aromatic carbocycles. The van der Waals surface area contributed by atoms with Crippen molar-refractivity contribution in [2.45, 2.75) is 25.4 Å². The van der Waals surface area contributed by atoms with Crippen molar-refractivity contribution in [3.05, 3.63) is 0 Å². The SMILES string of the molecule is OC[C@@H](O)CNCCCN1CCCC1. The van der Waals surface area contributed by atoms with E-state index in [2.05, 4.69) is 10.2 Å². The molecular weight excluding hydrogens is 180 g/mol. The summed E-state index contributed by atoms with van der Waals surface area (Å²) in [6, 6.07) is 0. The van der Waals surface area contributed by atoms with E-state index < -0.39 is 6.10 Å². The van der Waals surface area contributed by atoms with Crippen LogP contribution in [0.5, 0.6) is 0 Å². The number of rotatable bonds is 7. The number of nitrogens with one attached hydrogen (secondary N) is 1. The van der Waals surface area contributed by atoms with E-state index in [9.17, 15) is 0 Å². The molecule has 1 heterocycles. The van der Waals surface area contributed by atoms with Crippen LogP contribution in [0.25, 0.3) is 0 Å². The Morgan fingerprint density at radius 3 is 2.64 bits per heavy atom. The van der Waals surface area contributed by atoms with Crippen LogP contribution in [-0.4, -0.2) is 60.5 Å². The second kappa shape index (κ2) is 7.17. The number of nitrogens with zero attached hydrogens (tertiary/aromatic N) is 1. The van der Waals surface area contributed by atoms with E-state index in [-0.39, 0.29) is 6.61 Å². The maximum atomic E-state index is 9.05. The highest BCUT2D eigenvalue weighted by Gasteiger charge is 2.09. The molecule has 3 N–H and O–H groups in total. The summed E-state index contributed by atoms with van der Waals surface area (Å²) in [6.45, 7) is 4.92. The molecule has 4 nitrogen and oxygen atoms in total. The van der Waals surface area contributed by atoms with E-state index in [1.165, 1.54) is 25.9 Å². The summed E-state index contributed by atoms with van der Waals surface area (Å²) >= 11 is 0. The van der Waals surface area contributed by atoms with Crippen molar-refractivity contribution in [1.29, 1.82) is 0 Å². The Bertz CT molecular complexity index is 138. The van der Waals surface area contributed by atoms with Gasteiger partial charge in [-0.15, -0.1) is 0 Å². The second-order valence-corrected chi connectivity index (χ2v) is 3.94. The third kappa shape index (κ3) is 4.91. The van der Waals surface area contributed by atoms with Crippen LogP contribution in [0.1, 0.15) is 19.3 Å². The van der Waals surface area contributed by atoms with Gasteiger partial charge < -0.3 is 20.4 Å². The Hall–Kier alpha value is -0.160. The molecule has 0 spiro atoms. The fourth-order valence-electron chi connectivity index (χ4n) is 1.77. The standard InChI is InChI=1S/C10H22N2O2/c13-9-10(14)8-11-4-3-7-12-5-1-2-6-12/h10-11,13-14H,1-9H2/t10-/m0/s1. The summed E-state index contributed by atoms with van der Waals surface area (Å²) in [7, 11) is 0. The Balaban J connectivity index is 1.84. The lowest BCUT2D eigenvalue weighted by molar-refractivity contribution is 0.0944. The van der Waals surface area contributed by atoms with Gasteiger partial charge in [0.15, 0.2) is 0 Å². The fraction of sp³-hybridized carbons (Fsp3) is 1.00. The van der Waals surface area contributed by atoms with Crippen LogP contribution in [0.15, 0.2) is 0 Å². The Morgan fingerprint density at radius 1 is 1.29 bits per heavy atom. The van der Waals surface area contributed by atoms with Crippen molar-refractivity contribution in [1.82, 2.24) is 10.2 Å². The molecule has 0 unspecified atom stereocenters. The minimum absolute atomic E-state index is 0.154. The van der Waals surface area contributed by atoms with Gasteiger partial charge in [0, 0.05) is 6.54 Å². The first-order valence-electron chi connectivity index (χ1n) is 5.55. The zero-order valence-corrected chi connectivity index (χ0v) is 8.78. The van der Waals surface area contributed by atoms with Crippen molar-refractivity contribution in [2.75, 3.05) is 39.3 Å². The highest BCUT2D eigenvalue weighted by atomic mass is 16.3. The lowest BCUT2D eigenvalue weighted by atomic mass is 10.3. The molecule has 0 aromatic rings. The van der Waals surface area contributed by atoms with Gasteiger partial charge in [0.1, 0.15) is 0 Å². The first-order chi connectivity index (χ1) is 6.83. The third-order valence-electron chi connectivity index (χ3n) is 2.62. The number of hydrogen-bond donors (Lipinski definition) is 3. The third-order valence-corrected chi connectivity index (χ3v) is 2.62. The van der Waals surface area contributed by atoms with Gasteiger partial charge in [-0.25, -0.2) is 0 Å². The minimum atomic E-state index is -0.609. The summed E-state index contributed by atoms with van der Waals surface area (Å²) in [4.78, 5) is 2.48. The number of aliphatic hydroxyl groups is 2. The Morgan fingerprint density at radius 2 is 2.00 bits per heavy atom. The van der Waals surface area contributed by atoms with E-state index in [1.54, 1.807) is 0 Å². The quantitative estimate of drug-likeness (QED) is 0.483. The molecule has 0 bridgehead atoms. The Labute approximate surface area is 85.9 Å². The van der Waals surface area contributed by atoms with E-state index in [4.69, 9.17) is 10.2 Å². The predicted molar refractivity (Wildman–Crippen MR) is 56.3 cm³/mol. The zero-order valence-electron chi connectivity index (χ0n) is 8.78. The van der Waals surface area contributed by atoms with E-state index >= 15 is 0 Å². The van der Waals surface area contributed by atoms with E-state index in [0.29, 0.717) is 6.54 Å². The van der Waals surface area contributed by atoms with Gasteiger partial charge in [0.05, 0.1) is 12.7 Å². The van der Waals surface area contributed by atoms with Crippen LogP contribution in [-0.2, 0) is 0 Å². The second-order valence-electron chi connectivity index (χ2n) is 3.94. The topological polar surface area (TPSA) is 55.7 Å². The van der Waals surface area contributed by atoms with Crippen molar-refractivity contribution in [2.24, 2.45) is 0 Å². The number of hydrogen-bond acceptors (Lipinski definition) is 4. The van der Waals surface area contributed by atoms with Gasteiger partial charge >= 0.3 is 0 Å². The maximum absolute atomic E-state index is 9.05. The maximum Gasteiger partial charge on any atom is 0.0894 e. The molecule has 0 aromatic heterocycles.